The lowest BCUT2D eigenvalue weighted by atomic mass is 9.86. The van der Waals surface area contributed by atoms with Gasteiger partial charge in [0.25, 0.3) is 0 Å². The molecule has 0 radical (unpaired) electrons. The second kappa shape index (κ2) is 12.7. The van der Waals surface area contributed by atoms with E-state index in [2.05, 4.69) is 54.3 Å². The van der Waals surface area contributed by atoms with E-state index in [0.717, 1.165) is 73.5 Å². The molecule has 1 heterocycles. The van der Waals surface area contributed by atoms with Crippen molar-refractivity contribution in [2.45, 2.75) is 45.1 Å². The number of nitrogens with zero attached hydrogens (tertiary/aromatic N) is 1. The molecule has 0 saturated carbocycles. The van der Waals surface area contributed by atoms with Crippen molar-refractivity contribution in [3.05, 3.63) is 94.0 Å². The molecular weight excluding hydrogens is 505 g/mol. The van der Waals surface area contributed by atoms with Crippen LogP contribution in [0.2, 0.25) is 0 Å². The van der Waals surface area contributed by atoms with Crippen LogP contribution in [-0.2, 0) is 11.2 Å². The van der Waals surface area contributed by atoms with E-state index in [4.69, 9.17) is 14.2 Å². The molecule has 6 heteroatoms. The molecule has 1 atom stereocenters. The van der Waals surface area contributed by atoms with Crippen molar-refractivity contribution in [1.29, 1.82) is 0 Å². The SMILES string of the molecule is COC(=O)c1ccc2c(c1)CCCC(c1ccc(OC)cc1C)=C2c1ccc(O[C@H]2CCN(CCCF)C2)cc1. The summed E-state index contributed by atoms with van der Waals surface area (Å²) in [5, 5.41) is 0. The van der Waals surface area contributed by atoms with Crippen LogP contribution in [0.25, 0.3) is 11.1 Å². The van der Waals surface area contributed by atoms with Crippen molar-refractivity contribution >= 4 is 17.1 Å². The van der Waals surface area contributed by atoms with Crippen molar-refractivity contribution in [3.63, 3.8) is 0 Å². The maximum atomic E-state index is 12.6. The number of carbonyl (C=O) groups is 1. The molecule has 3 aromatic rings. The van der Waals surface area contributed by atoms with Crippen LogP contribution in [0, 0.1) is 6.92 Å². The summed E-state index contributed by atoms with van der Waals surface area (Å²) in [4.78, 5) is 14.6. The van der Waals surface area contributed by atoms with Gasteiger partial charge in [-0.1, -0.05) is 24.3 Å². The lowest BCUT2D eigenvalue weighted by Crippen LogP contribution is -2.26. The zero-order valence-corrected chi connectivity index (χ0v) is 23.7. The summed E-state index contributed by atoms with van der Waals surface area (Å²) >= 11 is 0. The van der Waals surface area contributed by atoms with E-state index in [-0.39, 0.29) is 18.7 Å². The third-order valence-electron chi connectivity index (χ3n) is 8.01. The number of halogens is 1. The second-order valence-corrected chi connectivity index (χ2v) is 10.6. The third-order valence-corrected chi connectivity index (χ3v) is 8.01. The average Bonchev–Trinajstić information content (AvgIpc) is 3.34. The average molecular weight is 544 g/mol. The number of likely N-dealkylation sites (tertiary alicyclic amines) is 1. The van der Waals surface area contributed by atoms with Crippen LogP contribution in [0.1, 0.15) is 63.9 Å². The van der Waals surface area contributed by atoms with E-state index in [1.54, 1.807) is 7.11 Å². The third kappa shape index (κ3) is 6.07. The molecule has 1 saturated heterocycles. The first-order chi connectivity index (χ1) is 19.5. The summed E-state index contributed by atoms with van der Waals surface area (Å²) in [7, 11) is 3.11. The Morgan fingerprint density at radius 1 is 0.975 bits per heavy atom. The van der Waals surface area contributed by atoms with Crippen LogP contribution in [-0.4, -0.2) is 57.5 Å². The zero-order chi connectivity index (χ0) is 28.1. The van der Waals surface area contributed by atoms with Gasteiger partial charge >= 0.3 is 5.97 Å². The highest BCUT2D eigenvalue weighted by Crippen LogP contribution is 2.42. The maximum Gasteiger partial charge on any atom is 0.337 e. The molecule has 1 fully saturated rings. The number of hydrogen-bond acceptors (Lipinski definition) is 5. The molecule has 0 N–H and O–H groups in total. The molecular formula is C34H38FNO4. The Kier molecular flexibility index (Phi) is 8.85. The number of hydrogen-bond donors (Lipinski definition) is 0. The fraction of sp³-hybridized carbons (Fsp3) is 0.382. The number of fused-ring (bicyclic) bond motifs is 1. The minimum absolute atomic E-state index is 0.123. The van der Waals surface area contributed by atoms with E-state index < -0.39 is 0 Å². The minimum atomic E-state index is -0.319. The maximum absolute atomic E-state index is 12.6. The molecule has 5 nitrogen and oxygen atoms in total. The Morgan fingerprint density at radius 3 is 2.48 bits per heavy atom. The first-order valence-electron chi connectivity index (χ1n) is 14.2. The van der Waals surface area contributed by atoms with Crippen molar-refractivity contribution < 1.29 is 23.4 Å². The Bertz CT molecular complexity index is 1380. The topological polar surface area (TPSA) is 48.0 Å². The first-order valence-corrected chi connectivity index (χ1v) is 14.2. The predicted octanol–water partition coefficient (Wildman–Crippen LogP) is 6.90. The minimum Gasteiger partial charge on any atom is -0.497 e. The molecule has 40 heavy (non-hydrogen) atoms. The van der Waals surface area contributed by atoms with Crippen molar-refractivity contribution in [2.24, 2.45) is 0 Å². The fourth-order valence-corrected chi connectivity index (χ4v) is 6.01. The van der Waals surface area contributed by atoms with Gasteiger partial charge in [-0.05, 0) is 114 Å². The highest BCUT2D eigenvalue weighted by atomic mass is 19.1. The molecule has 0 bridgehead atoms. The Balaban J connectivity index is 1.52. The van der Waals surface area contributed by atoms with Crippen LogP contribution in [0.15, 0.2) is 60.7 Å². The van der Waals surface area contributed by atoms with E-state index >= 15 is 0 Å². The van der Waals surface area contributed by atoms with Gasteiger partial charge in [-0.15, -0.1) is 0 Å². The molecule has 2 aliphatic rings. The molecule has 0 unspecified atom stereocenters. The zero-order valence-electron chi connectivity index (χ0n) is 23.7. The smallest absolute Gasteiger partial charge is 0.337 e. The monoisotopic (exact) mass is 543 g/mol. The van der Waals surface area contributed by atoms with Crippen LogP contribution in [0.3, 0.4) is 0 Å². The number of allylic oxidation sites excluding steroid dienone is 1. The van der Waals surface area contributed by atoms with E-state index in [1.165, 1.54) is 29.4 Å². The van der Waals surface area contributed by atoms with Crippen LogP contribution in [0.5, 0.6) is 11.5 Å². The quantitative estimate of drug-likeness (QED) is 0.275. The van der Waals surface area contributed by atoms with Crippen LogP contribution < -0.4 is 9.47 Å². The number of alkyl halides is 1. The van der Waals surface area contributed by atoms with E-state index in [1.807, 2.05) is 18.2 Å². The largest absolute Gasteiger partial charge is 0.497 e. The Labute approximate surface area is 236 Å². The molecule has 1 aliphatic heterocycles. The number of benzene rings is 3. The molecule has 0 aromatic heterocycles. The normalized spacial score (nSPS) is 17.4. The van der Waals surface area contributed by atoms with Gasteiger partial charge in [-0.2, -0.15) is 0 Å². The highest BCUT2D eigenvalue weighted by Gasteiger charge is 2.25. The molecule has 210 valence electrons. The predicted molar refractivity (Wildman–Crippen MR) is 157 cm³/mol. The van der Waals surface area contributed by atoms with Gasteiger partial charge in [0.2, 0.25) is 0 Å². The number of esters is 1. The van der Waals surface area contributed by atoms with Gasteiger partial charge < -0.3 is 14.2 Å². The molecule has 0 amide bonds. The van der Waals surface area contributed by atoms with E-state index in [9.17, 15) is 9.18 Å². The summed E-state index contributed by atoms with van der Waals surface area (Å²) in [6.07, 6.45) is 4.43. The molecule has 1 aliphatic carbocycles. The number of aryl methyl sites for hydroxylation is 2. The van der Waals surface area contributed by atoms with Gasteiger partial charge in [0.1, 0.15) is 17.6 Å². The van der Waals surface area contributed by atoms with Crippen LogP contribution in [0.4, 0.5) is 4.39 Å². The lowest BCUT2D eigenvalue weighted by molar-refractivity contribution is 0.0600. The summed E-state index contributed by atoms with van der Waals surface area (Å²) in [6.45, 7) is 4.43. The number of rotatable bonds is 9. The Hall–Kier alpha value is -3.64. The number of carbonyl (C=O) groups excluding carboxylic acids is 1. The number of methoxy groups -OCH3 is 2. The van der Waals surface area contributed by atoms with Crippen molar-refractivity contribution in [1.82, 2.24) is 4.90 Å². The highest BCUT2D eigenvalue weighted by molar-refractivity contribution is 6.01. The second-order valence-electron chi connectivity index (χ2n) is 10.6. The van der Waals surface area contributed by atoms with Gasteiger partial charge in [0.15, 0.2) is 0 Å². The number of ether oxygens (including phenoxy) is 3. The fourth-order valence-electron chi connectivity index (χ4n) is 6.01. The van der Waals surface area contributed by atoms with Gasteiger partial charge in [0.05, 0.1) is 26.5 Å². The van der Waals surface area contributed by atoms with Gasteiger partial charge in [0, 0.05) is 19.6 Å². The molecule has 0 spiro atoms. The molecule has 3 aromatic carbocycles. The van der Waals surface area contributed by atoms with Crippen molar-refractivity contribution in [2.75, 3.05) is 40.5 Å². The van der Waals surface area contributed by atoms with E-state index in [0.29, 0.717) is 12.0 Å². The lowest BCUT2D eigenvalue weighted by Gasteiger charge is -2.20. The molecule has 5 rings (SSSR count). The van der Waals surface area contributed by atoms with Crippen molar-refractivity contribution in [3.8, 4) is 11.5 Å². The summed E-state index contributed by atoms with van der Waals surface area (Å²) in [6, 6.07) is 20.6. The first kappa shape index (κ1) is 27.9. The van der Waals surface area contributed by atoms with Gasteiger partial charge in [-0.3, -0.25) is 9.29 Å². The standard InChI is InChI=1S/C34H38FNO4/c1-23-20-28(38-2)13-15-30(23)32-7-4-6-25-21-26(34(37)39-3)10-14-31(25)33(32)24-8-11-27(12-9-24)40-29-16-19-36(22-29)18-5-17-35/h8-15,20-21,29H,4-7,16-19,22H2,1-3H3/t29-/m0/s1. The Morgan fingerprint density at radius 2 is 1.75 bits per heavy atom. The summed E-state index contributed by atoms with van der Waals surface area (Å²) in [5.74, 6) is 1.37. The van der Waals surface area contributed by atoms with Crippen LogP contribution >= 0.6 is 0 Å². The summed E-state index contributed by atoms with van der Waals surface area (Å²) < 4.78 is 29.4. The van der Waals surface area contributed by atoms with Gasteiger partial charge in [-0.25, -0.2) is 4.79 Å². The summed E-state index contributed by atoms with van der Waals surface area (Å²) in [5.41, 5.74) is 8.83.